The van der Waals surface area contributed by atoms with Gasteiger partial charge < -0.3 is 10.6 Å². The van der Waals surface area contributed by atoms with Crippen LogP contribution in [0.15, 0.2) is 60.7 Å². The Morgan fingerprint density at radius 1 is 0.760 bits per heavy atom. The minimum absolute atomic E-state index is 0.124. The van der Waals surface area contributed by atoms with Crippen molar-refractivity contribution < 1.29 is 9.59 Å². The van der Waals surface area contributed by atoms with Gasteiger partial charge in [0.15, 0.2) is 0 Å². The van der Waals surface area contributed by atoms with Gasteiger partial charge in [-0.1, -0.05) is 79.9 Å². The lowest BCUT2D eigenvalue weighted by atomic mass is 9.95. The average Bonchev–Trinajstić information content (AvgIpc) is 2.68. The summed E-state index contributed by atoms with van der Waals surface area (Å²) in [6, 6.07) is 19.2. The van der Waals surface area contributed by atoms with Crippen molar-refractivity contribution in [1.82, 2.24) is 10.6 Å². The van der Waals surface area contributed by atoms with Gasteiger partial charge in [-0.2, -0.15) is 0 Å². The first-order valence-corrected chi connectivity index (χ1v) is 8.95. The molecular weight excluding hydrogens is 312 g/mol. The van der Waals surface area contributed by atoms with Crippen molar-refractivity contribution in [2.45, 2.75) is 44.2 Å². The molecule has 0 spiro atoms. The van der Waals surface area contributed by atoms with Gasteiger partial charge >= 0.3 is 11.8 Å². The average molecular weight is 336 g/mol. The summed E-state index contributed by atoms with van der Waals surface area (Å²) in [6.45, 7) is 0. The first kappa shape index (κ1) is 17.2. The number of amides is 2. The van der Waals surface area contributed by atoms with Crippen molar-refractivity contribution >= 4 is 11.8 Å². The van der Waals surface area contributed by atoms with Crippen LogP contribution in [-0.4, -0.2) is 17.9 Å². The summed E-state index contributed by atoms with van der Waals surface area (Å²) in [5, 5.41) is 5.76. The van der Waals surface area contributed by atoms with E-state index in [9.17, 15) is 9.59 Å². The van der Waals surface area contributed by atoms with E-state index in [-0.39, 0.29) is 12.1 Å². The molecule has 4 nitrogen and oxygen atoms in total. The molecule has 0 saturated heterocycles. The number of hydrogen-bond acceptors (Lipinski definition) is 2. The van der Waals surface area contributed by atoms with Crippen LogP contribution in [0.1, 0.15) is 49.3 Å². The second-order valence-electron chi connectivity index (χ2n) is 6.54. The second-order valence-corrected chi connectivity index (χ2v) is 6.54. The number of benzene rings is 2. The van der Waals surface area contributed by atoms with E-state index < -0.39 is 11.8 Å². The molecule has 1 saturated carbocycles. The van der Waals surface area contributed by atoms with Crippen LogP contribution in [0, 0.1) is 0 Å². The minimum Gasteiger partial charge on any atom is -0.345 e. The number of carbonyl (C=O) groups is 2. The molecule has 1 aliphatic carbocycles. The number of carbonyl (C=O) groups excluding carboxylic acids is 2. The first-order valence-electron chi connectivity index (χ1n) is 8.95. The van der Waals surface area contributed by atoms with Crippen LogP contribution in [-0.2, 0) is 9.59 Å². The largest absolute Gasteiger partial charge is 0.345 e. The minimum atomic E-state index is -0.580. The summed E-state index contributed by atoms with van der Waals surface area (Å²) < 4.78 is 0. The van der Waals surface area contributed by atoms with Gasteiger partial charge in [0.25, 0.3) is 0 Å². The monoisotopic (exact) mass is 336 g/mol. The fourth-order valence-corrected chi connectivity index (χ4v) is 3.34. The lowest BCUT2D eigenvalue weighted by Gasteiger charge is -2.24. The van der Waals surface area contributed by atoms with E-state index in [2.05, 4.69) is 10.6 Å². The second kappa shape index (κ2) is 8.47. The van der Waals surface area contributed by atoms with E-state index >= 15 is 0 Å². The quantitative estimate of drug-likeness (QED) is 0.841. The maximum absolute atomic E-state index is 12.5. The molecule has 3 rings (SSSR count). The summed E-state index contributed by atoms with van der Waals surface area (Å²) in [5.74, 6) is -1.12. The van der Waals surface area contributed by atoms with Gasteiger partial charge in [-0.25, -0.2) is 0 Å². The van der Waals surface area contributed by atoms with Crippen LogP contribution >= 0.6 is 0 Å². The molecule has 0 unspecified atom stereocenters. The normalized spacial score (nSPS) is 14.9. The van der Waals surface area contributed by atoms with E-state index in [0.717, 1.165) is 36.8 Å². The number of nitrogens with one attached hydrogen (secondary N) is 2. The van der Waals surface area contributed by atoms with Crippen molar-refractivity contribution in [2.24, 2.45) is 0 Å². The van der Waals surface area contributed by atoms with Gasteiger partial charge in [-0.05, 0) is 24.0 Å². The molecule has 1 fully saturated rings. The van der Waals surface area contributed by atoms with E-state index in [4.69, 9.17) is 0 Å². The highest BCUT2D eigenvalue weighted by Crippen LogP contribution is 2.22. The maximum Gasteiger partial charge on any atom is 0.310 e. The molecule has 2 aromatic rings. The molecule has 0 radical (unpaired) electrons. The number of hydrogen-bond donors (Lipinski definition) is 2. The smallest absolute Gasteiger partial charge is 0.310 e. The molecule has 0 heterocycles. The Morgan fingerprint density at radius 2 is 1.28 bits per heavy atom. The zero-order chi connectivity index (χ0) is 17.5. The predicted octanol–water partition coefficient (Wildman–Crippen LogP) is 3.34. The maximum atomic E-state index is 12.5. The molecule has 25 heavy (non-hydrogen) atoms. The van der Waals surface area contributed by atoms with E-state index in [1.807, 2.05) is 60.7 Å². The van der Waals surface area contributed by atoms with Crippen LogP contribution in [0.5, 0.6) is 0 Å². The van der Waals surface area contributed by atoms with Crippen molar-refractivity contribution in [3.05, 3.63) is 71.8 Å². The highest BCUT2D eigenvalue weighted by Gasteiger charge is 2.24. The Balaban J connectivity index is 1.71. The topological polar surface area (TPSA) is 58.2 Å². The third kappa shape index (κ3) is 4.69. The summed E-state index contributed by atoms with van der Waals surface area (Å²) >= 11 is 0. The van der Waals surface area contributed by atoms with Crippen LogP contribution < -0.4 is 10.6 Å². The first-order chi connectivity index (χ1) is 12.2. The zero-order valence-electron chi connectivity index (χ0n) is 14.3. The van der Waals surface area contributed by atoms with Gasteiger partial charge in [0.05, 0.1) is 6.04 Å². The van der Waals surface area contributed by atoms with Crippen molar-refractivity contribution in [3.8, 4) is 0 Å². The Kier molecular flexibility index (Phi) is 5.83. The molecule has 0 bridgehead atoms. The molecule has 0 atom stereocenters. The summed E-state index contributed by atoms with van der Waals surface area (Å²) in [4.78, 5) is 24.7. The molecule has 4 heteroatoms. The Bertz CT molecular complexity index is 655. The Morgan fingerprint density at radius 3 is 1.80 bits per heavy atom. The fraction of sp³-hybridized carbons (Fsp3) is 0.333. The van der Waals surface area contributed by atoms with Gasteiger partial charge in [0.2, 0.25) is 0 Å². The third-order valence-electron chi connectivity index (χ3n) is 4.69. The van der Waals surface area contributed by atoms with Crippen molar-refractivity contribution in [1.29, 1.82) is 0 Å². The van der Waals surface area contributed by atoms with E-state index in [1.54, 1.807) is 0 Å². The molecule has 130 valence electrons. The highest BCUT2D eigenvalue weighted by molar-refractivity contribution is 6.35. The van der Waals surface area contributed by atoms with Crippen LogP contribution in [0.25, 0.3) is 0 Å². The van der Waals surface area contributed by atoms with Gasteiger partial charge in [-0.3, -0.25) is 9.59 Å². The van der Waals surface area contributed by atoms with Crippen molar-refractivity contribution in [3.63, 3.8) is 0 Å². The van der Waals surface area contributed by atoms with Crippen LogP contribution in [0.3, 0.4) is 0 Å². The molecule has 2 aromatic carbocycles. The molecule has 0 aromatic heterocycles. The van der Waals surface area contributed by atoms with Gasteiger partial charge in [0.1, 0.15) is 0 Å². The zero-order valence-corrected chi connectivity index (χ0v) is 14.3. The van der Waals surface area contributed by atoms with Crippen molar-refractivity contribution in [2.75, 3.05) is 0 Å². The summed E-state index contributed by atoms with van der Waals surface area (Å²) in [5.41, 5.74) is 1.90. The Labute approximate surface area is 148 Å². The lowest BCUT2D eigenvalue weighted by molar-refractivity contribution is -0.140. The third-order valence-corrected chi connectivity index (χ3v) is 4.69. The fourth-order valence-electron chi connectivity index (χ4n) is 3.34. The van der Waals surface area contributed by atoms with Crippen LogP contribution in [0.4, 0.5) is 0 Å². The van der Waals surface area contributed by atoms with Gasteiger partial charge in [0, 0.05) is 6.04 Å². The lowest BCUT2D eigenvalue weighted by Crippen LogP contribution is -2.46. The SMILES string of the molecule is O=C(NC1CCCCC1)C(=O)NC(c1ccccc1)c1ccccc1. The molecular formula is C21H24N2O2. The molecule has 2 amide bonds. The standard InChI is InChI=1S/C21H24N2O2/c24-20(22-18-14-8-3-9-15-18)21(25)23-19(16-10-4-1-5-11-16)17-12-6-2-7-13-17/h1-2,4-7,10-13,18-19H,3,8-9,14-15H2,(H,22,24)(H,23,25). The Hall–Kier alpha value is -2.62. The highest BCUT2D eigenvalue weighted by atomic mass is 16.2. The molecule has 0 aliphatic heterocycles. The molecule has 1 aliphatic rings. The van der Waals surface area contributed by atoms with Gasteiger partial charge in [-0.15, -0.1) is 0 Å². The number of rotatable bonds is 4. The summed E-state index contributed by atoms with van der Waals surface area (Å²) in [7, 11) is 0. The predicted molar refractivity (Wildman–Crippen MR) is 97.9 cm³/mol. The summed E-state index contributed by atoms with van der Waals surface area (Å²) in [6.07, 6.45) is 5.36. The van der Waals surface area contributed by atoms with E-state index in [0.29, 0.717) is 0 Å². The van der Waals surface area contributed by atoms with E-state index in [1.165, 1.54) is 6.42 Å². The van der Waals surface area contributed by atoms with Crippen LogP contribution in [0.2, 0.25) is 0 Å². The molecule has 2 N–H and O–H groups in total.